The molecule has 3 nitrogen and oxygen atoms in total. The van der Waals surface area contributed by atoms with Gasteiger partial charge in [-0.15, -0.1) is 0 Å². The average Bonchev–Trinajstić information content (AvgIpc) is 2.07. The van der Waals surface area contributed by atoms with Crippen molar-refractivity contribution < 1.29 is 0 Å². The van der Waals surface area contributed by atoms with Crippen LogP contribution >= 0.6 is 0 Å². The number of likely N-dealkylation sites (tertiary alicyclic amines) is 1. The third kappa shape index (κ3) is 2.44. The lowest BCUT2D eigenvalue weighted by atomic mass is 9.91. The van der Waals surface area contributed by atoms with Crippen molar-refractivity contribution in [3.8, 4) is 0 Å². The number of likely N-dealkylation sites (N-methyl/N-ethyl adjacent to an activating group) is 1. The Labute approximate surface area is 75.3 Å². The highest BCUT2D eigenvalue weighted by Crippen LogP contribution is 2.17. The fraction of sp³-hybridized carbons (Fsp3) is 1.00. The molecular weight excluding hydrogens is 150 g/mol. The summed E-state index contributed by atoms with van der Waals surface area (Å²) in [6.07, 6.45) is 2.65. The standard InChI is InChI=1S/C9H21N3/c1-11-9(6-10)8-4-3-5-12(2)7-8/h8-9,11H,3-7,10H2,1-2H3. The van der Waals surface area contributed by atoms with Crippen LogP contribution < -0.4 is 11.1 Å². The number of rotatable bonds is 3. The molecule has 0 saturated carbocycles. The molecule has 1 saturated heterocycles. The van der Waals surface area contributed by atoms with Gasteiger partial charge in [0.05, 0.1) is 0 Å². The SMILES string of the molecule is CNC(CN)C1CCCN(C)C1. The van der Waals surface area contributed by atoms with Crippen molar-refractivity contribution in [2.24, 2.45) is 11.7 Å². The van der Waals surface area contributed by atoms with Gasteiger partial charge in [-0.2, -0.15) is 0 Å². The van der Waals surface area contributed by atoms with E-state index < -0.39 is 0 Å². The summed E-state index contributed by atoms with van der Waals surface area (Å²) in [6.45, 7) is 3.20. The van der Waals surface area contributed by atoms with Crippen molar-refractivity contribution in [1.29, 1.82) is 0 Å². The molecule has 2 unspecified atom stereocenters. The second-order valence-corrected chi connectivity index (χ2v) is 3.80. The first-order valence-electron chi connectivity index (χ1n) is 4.83. The van der Waals surface area contributed by atoms with Crippen LogP contribution in [0, 0.1) is 5.92 Å². The zero-order chi connectivity index (χ0) is 8.97. The van der Waals surface area contributed by atoms with Crippen LogP contribution in [-0.2, 0) is 0 Å². The topological polar surface area (TPSA) is 41.3 Å². The Balaban J connectivity index is 2.38. The van der Waals surface area contributed by atoms with Crippen LogP contribution in [0.1, 0.15) is 12.8 Å². The van der Waals surface area contributed by atoms with Gasteiger partial charge in [0, 0.05) is 19.1 Å². The largest absolute Gasteiger partial charge is 0.329 e. The summed E-state index contributed by atoms with van der Waals surface area (Å²) in [6, 6.07) is 0.507. The van der Waals surface area contributed by atoms with Gasteiger partial charge in [-0.05, 0) is 39.4 Å². The monoisotopic (exact) mass is 171 g/mol. The summed E-state index contributed by atoms with van der Waals surface area (Å²) in [4.78, 5) is 2.40. The van der Waals surface area contributed by atoms with E-state index in [0.29, 0.717) is 6.04 Å². The molecule has 0 spiro atoms. The molecule has 2 atom stereocenters. The molecular formula is C9H21N3. The fourth-order valence-electron chi connectivity index (χ4n) is 2.08. The second kappa shape index (κ2) is 4.80. The Kier molecular flexibility index (Phi) is 3.98. The maximum absolute atomic E-state index is 5.68. The number of nitrogens with zero attached hydrogens (tertiary/aromatic N) is 1. The van der Waals surface area contributed by atoms with Crippen LogP contribution in [0.2, 0.25) is 0 Å². The molecule has 0 aromatic heterocycles. The highest BCUT2D eigenvalue weighted by Gasteiger charge is 2.23. The van der Waals surface area contributed by atoms with Gasteiger partial charge < -0.3 is 16.0 Å². The molecule has 0 amide bonds. The highest BCUT2D eigenvalue weighted by atomic mass is 15.1. The zero-order valence-electron chi connectivity index (χ0n) is 8.21. The van der Waals surface area contributed by atoms with Crippen LogP contribution in [0.5, 0.6) is 0 Å². The maximum atomic E-state index is 5.68. The van der Waals surface area contributed by atoms with Gasteiger partial charge in [-0.3, -0.25) is 0 Å². The predicted molar refractivity (Wildman–Crippen MR) is 52.1 cm³/mol. The minimum absolute atomic E-state index is 0.507. The van der Waals surface area contributed by atoms with Crippen molar-refractivity contribution in [1.82, 2.24) is 10.2 Å². The first-order valence-corrected chi connectivity index (χ1v) is 4.83. The number of piperidine rings is 1. The molecule has 0 bridgehead atoms. The van der Waals surface area contributed by atoms with Crippen LogP contribution in [0.25, 0.3) is 0 Å². The first-order chi connectivity index (χ1) is 5.77. The van der Waals surface area contributed by atoms with E-state index in [1.165, 1.54) is 25.9 Å². The molecule has 1 aliphatic heterocycles. The Bertz CT molecular complexity index is 123. The van der Waals surface area contributed by atoms with Crippen molar-refractivity contribution in [2.45, 2.75) is 18.9 Å². The van der Waals surface area contributed by atoms with Crippen LogP contribution in [0.3, 0.4) is 0 Å². The van der Waals surface area contributed by atoms with E-state index in [1.807, 2.05) is 7.05 Å². The Morgan fingerprint density at radius 3 is 2.92 bits per heavy atom. The molecule has 1 rings (SSSR count). The molecule has 1 aliphatic rings. The van der Waals surface area contributed by atoms with Gasteiger partial charge in [0.1, 0.15) is 0 Å². The molecule has 3 N–H and O–H groups in total. The van der Waals surface area contributed by atoms with Gasteiger partial charge in [0.2, 0.25) is 0 Å². The van der Waals surface area contributed by atoms with E-state index in [1.54, 1.807) is 0 Å². The number of hydrogen-bond acceptors (Lipinski definition) is 3. The van der Waals surface area contributed by atoms with Gasteiger partial charge in [0.15, 0.2) is 0 Å². The van der Waals surface area contributed by atoms with Crippen molar-refractivity contribution in [2.75, 3.05) is 33.7 Å². The summed E-state index contributed by atoms with van der Waals surface area (Å²) < 4.78 is 0. The Morgan fingerprint density at radius 2 is 2.42 bits per heavy atom. The predicted octanol–water partition coefficient (Wildman–Crippen LogP) is -0.125. The van der Waals surface area contributed by atoms with Crippen molar-refractivity contribution in [3.63, 3.8) is 0 Å². The zero-order valence-corrected chi connectivity index (χ0v) is 8.21. The molecule has 0 aliphatic carbocycles. The van der Waals surface area contributed by atoms with Crippen LogP contribution in [-0.4, -0.2) is 44.7 Å². The van der Waals surface area contributed by atoms with Crippen LogP contribution in [0.15, 0.2) is 0 Å². The third-order valence-corrected chi connectivity index (χ3v) is 2.85. The molecule has 0 radical (unpaired) electrons. The highest BCUT2D eigenvalue weighted by molar-refractivity contribution is 4.81. The van der Waals surface area contributed by atoms with Crippen molar-refractivity contribution in [3.05, 3.63) is 0 Å². The molecule has 1 heterocycles. The summed E-state index contributed by atoms with van der Waals surface area (Å²) in [7, 11) is 4.20. The van der Waals surface area contributed by atoms with Crippen molar-refractivity contribution >= 4 is 0 Å². The fourth-order valence-corrected chi connectivity index (χ4v) is 2.08. The lowest BCUT2D eigenvalue weighted by Crippen LogP contribution is -2.47. The lowest BCUT2D eigenvalue weighted by Gasteiger charge is -2.34. The van der Waals surface area contributed by atoms with E-state index >= 15 is 0 Å². The van der Waals surface area contributed by atoms with E-state index in [9.17, 15) is 0 Å². The quantitative estimate of drug-likeness (QED) is 0.622. The van der Waals surface area contributed by atoms with Crippen LogP contribution in [0.4, 0.5) is 0 Å². The van der Waals surface area contributed by atoms with E-state index in [0.717, 1.165) is 12.5 Å². The molecule has 1 fully saturated rings. The first kappa shape index (κ1) is 9.96. The lowest BCUT2D eigenvalue weighted by molar-refractivity contribution is 0.179. The molecule has 72 valence electrons. The Morgan fingerprint density at radius 1 is 1.67 bits per heavy atom. The number of nitrogens with two attached hydrogens (primary N) is 1. The third-order valence-electron chi connectivity index (χ3n) is 2.85. The van der Waals surface area contributed by atoms with E-state index in [-0.39, 0.29) is 0 Å². The average molecular weight is 171 g/mol. The number of nitrogens with one attached hydrogen (secondary N) is 1. The Hall–Kier alpha value is -0.120. The van der Waals surface area contributed by atoms with Gasteiger partial charge in [0.25, 0.3) is 0 Å². The summed E-state index contributed by atoms with van der Waals surface area (Å²) in [5.41, 5.74) is 5.68. The van der Waals surface area contributed by atoms with E-state index in [4.69, 9.17) is 5.73 Å². The van der Waals surface area contributed by atoms with E-state index in [2.05, 4.69) is 17.3 Å². The molecule has 0 aromatic carbocycles. The smallest absolute Gasteiger partial charge is 0.0227 e. The summed E-state index contributed by atoms with van der Waals surface area (Å²) in [5, 5.41) is 3.29. The summed E-state index contributed by atoms with van der Waals surface area (Å²) in [5.74, 6) is 0.749. The molecule has 12 heavy (non-hydrogen) atoms. The van der Waals surface area contributed by atoms with Gasteiger partial charge in [-0.1, -0.05) is 0 Å². The van der Waals surface area contributed by atoms with Gasteiger partial charge in [-0.25, -0.2) is 0 Å². The number of hydrogen-bond donors (Lipinski definition) is 2. The molecule has 0 aromatic rings. The normalized spacial score (nSPS) is 28.8. The maximum Gasteiger partial charge on any atom is 0.0227 e. The minimum atomic E-state index is 0.507. The molecule has 3 heteroatoms. The second-order valence-electron chi connectivity index (χ2n) is 3.80. The minimum Gasteiger partial charge on any atom is -0.329 e. The summed E-state index contributed by atoms with van der Waals surface area (Å²) >= 11 is 0. The van der Waals surface area contributed by atoms with Gasteiger partial charge >= 0.3 is 0 Å².